The molecule has 0 aromatic carbocycles. The molecule has 0 spiro atoms. The van der Waals surface area contributed by atoms with Gasteiger partial charge in [0.2, 0.25) is 0 Å². The minimum Gasteiger partial charge on any atom is -0.411 e. The van der Waals surface area contributed by atoms with Crippen LogP contribution >= 0.6 is 0 Å². The molecule has 0 bridgehead atoms. The highest BCUT2D eigenvalue weighted by atomic mass is 28.4. The summed E-state index contributed by atoms with van der Waals surface area (Å²) in [5.41, 5.74) is 1.03. The van der Waals surface area contributed by atoms with Crippen LogP contribution < -0.4 is 0 Å². The predicted molar refractivity (Wildman–Crippen MR) is 76.3 cm³/mol. The smallest absolute Gasteiger partial charge is 0.192 e. The third-order valence-corrected chi connectivity index (χ3v) is 8.00. The Labute approximate surface area is 110 Å². The monoisotopic (exact) mass is 267 g/mol. The molecule has 0 aliphatic carbocycles. The third-order valence-electron chi connectivity index (χ3n) is 3.53. The van der Waals surface area contributed by atoms with E-state index in [-0.39, 0.29) is 17.5 Å². The van der Waals surface area contributed by atoms with Crippen molar-refractivity contribution < 1.29 is 8.82 Å². The molecule has 0 unspecified atom stereocenters. The number of rotatable bonds is 4. The van der Waals surface area contributed by atoms with E-state index >= 15 is 0 Å². The lowest BCUT2D eigenvalue weighted by molar-refractivity contribution is 0.266. The Morgan fingerprint density at radius 3 is 2.50 bits per heavy atom. The molecule has 0 atom stereocenters. The Bertz CT molecular complexity index is 438. The fraction of sp³-hybridized carbons (Fsp3) is 0.500. The third kappa shape index (κ3) is 3.49. The van der Waals surface area contributed by atoms with Crippen LogP contribution in [0.5, 0.6) is 0 Å². The van der Waals surface area contributed by atoms with E-state index in [4.69, 9.17) is 4.43 Å². The van der Waals surface area contributed by atoms with Crippen molar-refractivity contribution in [2.24, 2.45) is 0 Å². The van der Waals surface area contributed by atoms with Gasteiger partial charge in [0.25, 0.3) is 0 Å². The van der Waals surface area contributed by atoms with E-state index in [0.29, 0.717) is 11.4 Å². The van der Waals surface area contributed by atoms with E-state index in [1.54, 1.807) is 12.1 Å². The second kappa shape index (κ2) is 5.32. The summed E-state index contributed by atoms with van der Waals surface area (Å²) in [6.07, 6.45) is 1.61. The number of nitrogens with zero attached hydrogens (tertiary/aromatic N) is 1. The summed E-state index contributed by atoms with van der Waals surface area (Å²) < 4.78 is 19.6. The van der Waals surface area contributed by atoms with Crippen LogP contribution in [0.25, 0.3) is 6.08 Å². The van der Waals surface area contributed by atoms with E-state index in [2.05, 4.69) is 45.4 Å². The fourth-order valence-corrected chi connectivity index (χ4v) is 2.11. The largest absolute Gasteiger partial charge is 0.411 e. The van der Waals surface area contributed by atoms with E-state index in [0.717, 1.165) is 0 Å². The lowest BCUT2D eigenvalue weighted by atomic mass is 10.2. The Hall–Kier alpha value is -1.00. The van der Waals surface area contributed by atoms with Crippen LogP contribution in [0.15, 0.2) is 18.7 Å². The lowest BCUT2D eigenvalue weighted by Gasteiger charge is -2.36. The van der Waals surface area contributed by atoms with Gasteiger partial charge in [-0.15, -0.1) is 0 Å². The SMILES string of the molecule is C=Cc1ccc(F)c(CO[Si](C)(C)C(C)(C)C)n1. The molecular weight excluding hydrogens is 245 g/mol. The molecule has 0 radical (unpaired) electrons. The summed E-state index contributed by atoms with van der Waals surface area (Å²) in [5.74, 6) is -0.320. The second-order valence-corrected chi connectivity index (χ2v) is 10.7. The Morgan fingerprint density at radius 1 is 1.39 bits per heavy atom. The maximum atomic E-state index is 13.6. The molecule has 2 nitrogen and oxygen atoms in total. The first-order valence-electron chi connectivity index (χ1n) is 6.09. The standard InChI is InChI=1S/C14H22FNOSi/c1-7-11-8-9-12(15)13(16-11)10-17-18(5,6)14(2,3)4/h7-9H,1,10H2,2-6H3. The molecule has 0 amide bonds. The Morgan fingerprint density at radius 2 is 2.00 bits per heavy atom. The molecule has 0 aliphatic heterocycles. The minimum absolute atomic E-state index is 0.111. The van der Waals surface area contributed by atoms with Crippen molar-refractivity contribution in [3.05, 3.63) is 35.9 Å². The average molecular weight is 267 g/mol. The molecule has 1 aromatic heterocycles. The van der Waals surface area contributed by atoms with Gasteiger partial charge >= 0.3 is 0 Å². The first-order valence-corrected chi connectivity index (χ1v) is 9.00. The molecule has 0 aliphatic rings. The van der Waals surface area contributed by atoms with E-state index in [1.165, 1.54) is 6.07 Å². The molecule has 100 valence electrons. The predicted octanol–water partition coefficient (Wildman–Crippen LogP) is 4.39. The molecule has 0 saturated carbocycles. The summed E-state index contributed by atoms with van der Waals surface area (Å²) in [6.45, 7) is 14.6. The zero-order valence-electron chi connectivity index (χ0n) is 11.9. The molecule has 1 aromatic rings. The molecule has 0 fully saturated rings. The maximum absolute atomic E-state index is 13.6. The van der Waals surface area contributed by atoms with Crippen LogP contribution in [0.4, 0.5) is 4.39 Å². The first kappa shape index (κ1) is 15.1. The molecule has 4 heteroatoms. The van der Waals surface area contributed by atoms with Gasteiger partial charge in [0.15, 0.2) is 8.32 Å². The Kier molecular flexibility index (Phi) is 4.45. The number of pyridine rings is 1. The number of hydrogen-bond acceptors (Lipinski definition) is 2. The highest BCUT2D eigenvalue weighted by Gasteiger charge is 2.37. The van der Waals surface area contributed by atoms with E-state index in [1.807, 2.05) is 0 Å². The van der Waals surface area contributed by atoms with Crippen LogP contribution in [-0.4, -0.2) is 13.3 Å². The number of hydrogen-bond donors (Lipinski definition) is 0. The van der Waals surface area contributed by atoms with Crippen molar-refractivity contribution in [3.63, 3.8) is 0 Å². The van der Waals surface area contributed by atoms with Gasteiger partial charge < -0.3 is 4.43 Å². The Balaban J connectivity index is 2.83. The van der Waals surface area contributed by atoms with Gasteiger partial charge in [-0.2, -0.15) is 0 Å². The van der Waals surface area contributed by atoms with E-state index in [9.17, 15) is 4.39 Å². The van der Waals surface area contributed by atoms with Crippen LogP contribution in [0.2, 0.25) is 18.1 Å². The maximum Gasteiger partial charge on any atom is 0.192 e. The molecule has 1 rings (SSSR count). The van der Waals surface area contributed by atoms with Gasteiger partial charge in [-0.25, -0.2) is 9.37 Å². The first-order chi connectivity index (χ1) is 8.17. The van der Waals surface area contributed by atoms with Gasteiger partial charge in [-0.3, -0.25) is 0 Å². The highest BCUT2D eigenvalue weighted by Crippen LogP contribution is 2.37. The second-order valence-electron chi connectivity index (χ2n) is 5.92. The highest BCUT2D eigenvalue weighted by molar-refractivity contribution is 6.74. The van der Waals surface area contributed by atoms with Gasteiger partial charge in [-0.1, -0.05) is 27.4 Å². The lowest BCUT2D eigenvalue weighted by Crippen LogP contribution is -2.40. The number of halogens is 1. The van der Waals surface area contributed by atoms with Crippen molar-refractivity contribution in [3.8, 4) is 0 Å². The average Bonchev–Trinajstić information content (AvgIpc) is 2.26. The normalized spacial score (nSPS) is 12.6. The van der Waals surface area contributed by atoms with Gasteiger partial charge in [0.05, 0.1) is 12.3 Å². The van der Waals surface area contributed by atoms with Gasteiger partial charge in [0, 0.05) is 0 Å². The van der Waals surface area contributed by atoms with E-state index < -0.39 is 8.32 Å². The molecular formula is C14H22FNOSi. The van der Waals surface area contributed by atoms with Gasteiger partial charge in [-0.05, 0) is 36.3 Å². The summed E-state index contributed by atoms with van der Waals surface area (Å²) >= 11 is 0. The zero-order chi connectivity index (χ0) is 14.0. The van der Waals surface area contributed by atoms with Crippen LogP contribution in [0.1, 0.15) is 32.2 Å². The van der Waals surface area contributed by atoms with Crippen LogP contribution in [-0.2, 0) is 11.0 Å². The van der Waals surface area contributed by atoms with Crippen LogP contribution in [0.3, 0.4) is 0 Å². The van der Waals surface area contributed by atoms with Gasteiger partial charge in [0.1, 0.15) is 11.5 Å². The van der Waals surface area contributed by atoms with Crippen molar-refractivity contribution in [2.75, 3.05) is 0 Å². The van der Waals surface area contributed by atoms with Crippen molar-refractivity contribution >= 4 is 14.4 Å². The van der Waals surface area contributed by atoms with Crippen molar-refractivity contribution in [1.82, 2.24) is 4.98 Å². The molecule has 0 N–H and O–H groups in total. The fourth-order valence-electron chi connectivity index (χ4n) is 1.18. The summed E-state index contributed by atoms with van der Waals surface area (Å²) in [5, 5.41) is 0.111. The zero-order valence-corrected chi connectivity index (χ0v) is 12.9. The topological polar surface area (TPSA) is 22.1 Å². The summed E-state index contributed by atoms with van der Waals surface area (Å²) in [6, 6.07) is 3.02. The van der Waals surface area contributed by atoms with Crippen molar-refractivity contribution in [1.29, 1.82) is 0 Å². The number of aromatic nitrogens is 1. The quantitative estimate of drug-likeness (QED) is 0.755. The summed E-state index contributed by atoms with van der Waals surface area (Å²) in [7, 11) is -1.87. The minimum atomic E-state index is -1.87. The van der Waals surface area contributed by atoms with Crippen LogP contribution in [0, 0.1) is 5.82 Å². The molecule has 1 heterocycles. The van der Waals surface area contributed by atoms with Crippen molar-refractivity contribution in [2.45, 2.75) is 45.5 Å². The molecule has 0 saturated heterocycles. The molecule has 18 heavy (non-hydrogen) atoms. The summed E-state index contributed by atoms with van der Waals surface area (Å²) in [4.78, 5) is 4.18.